The van der Waals surface area contributed by atoms with Gasteiger partial charge in [0.2, 0.25) is 0 Å². The molecule has 1 heterocycles. The second-order valence-electron chi connectivity index (χ2n) is 6.97. The summed E-state index contributed by atoms with van der Waals surface area (Å²) >= 11 is 0. The SMILES string of the molecule is c1ccc(-c2ccc(-c3cc(-c4ccccc4)n(-c4ccccc4)n3)cc2)cc1. The quantitative estimate of drug-likeness (QED) is 0.336. The van der Waals surface area contributed by atoms with E-state index >= 15 is 0 Å². The summed E-state index contributed by atoms with van der Waals surface area (Å²) in [4.78, 5) is 0. The van der Waals surface area contributed by atoms with Crippen molar-refractivity contribution in [1.82, 2.24) is 9.78 Å². The van der Waals surface area contributed by atoms with Crippen LogP contribution in [0.2, 0.25) is 0 Å². The molecule has 2 heteroatoms. The number of hydrogen-bond acceptors (Lipinski definition) is 1. The van der Waals surface area contributed by atoms with Gasteiger partial charge in [-0.1, -0.05) is 103 Å². The third kappa shape index (κ3) is 3.48. The molecule has 29 heavy (non-hydrogen) atoms. The Balaban J connectivity index is 1.58. The summed E-state index contributed by atoms with van der Waals surface area (Å²) in [7, 11) is 0. The summed E-state index contributed by atoms with van der Waals surface area (Å²) in [5.41, 5.74) is 7.79. The summed E-state index contributed by atoms with van der Waals surface area (Å²) in [5, 5.41) is 4.95. The van der Waals surface area contributed by atoms with Crippen LogP contribution in [0.4, 0.5) is 0 Å². The lowest BCUT2D eigenvalue weighted by Gasteiger charge is -2.07. The van der Waals surface area contributed by atoms with Crippen molar-refractivity contribution in [3.63, 3.8) is 0 Å². The molecule has 138 valence electrons. The van der Waals surface area contributed by atoms with Crippen LogP contribution in [-0.2, 0) is 0 Å². The Morgan fingerprint density at radius 2 is 0.931 bits per heavy atom. The molecule has 0 aliphatic rings. The normalized spacial score (nSPS) is 10.8. The predicted molar refractivity (Wildman–Crippen MR) is 120 cm³/mol. The molecule has 0 N–H and O–H groups in total. The van der Waals surface area contributed by atoms with Gasteiger partial charge in [0.1, 0.15) is 0 Å². The number of para-hydroxylation sites is 1. The standard InChI is InChI=1S/C27H20N2/c1-4-10-21(11-5-1)22-16-18-23(19-17-22)26-20-27(24-12-6-2-7-13-24)29(28-26)25-14-8-3-9-15-25/h1-20H. The van der Waals surface area contributed by atoms with E-state index in [-0.39, 0.29) is 0 Å². The maximum atomic E-state index is 4.95. The van der Waals surface area contributed by atoms with E-state index < -0.39 is 0 Å². The second-order valence-corrected chi connectivity index (χ2v) is 6.97. The van der Waals surface area contributed by atoms with E-state index in [0.29, 0.717) is 0 Å². The van der Waals surface area contributed by atoms with Gasteiger partial charge in [0.25, 0.3) is 0 Å². The van der Waals surface area contributed by atoms with Crippen LogP contribution < -0.4 is 0 Å². The molecule has 0 bridgehead atoms. The Morgan fingerprint density at radius 1 is 0.448 bits per heavy atom. The fraction of sp³-hybridized carbons (Fsp3) is 0. The van der Waals surface area contributed by atoms with Crippen molar-refractivity contribution in [3.8, 4) is 39.3 Å². The van der Waals surface area contributed by atoms with Crippen LogP contribution >= 0.6 is 0 Å². The minimum Gasteiger partial charge on any atom is -0.232 e. The minimum absolute atomic E-state index is 0.965. The third-order valence-electron chi connectivity index (χ3n) is 5.07. The number of benzene rings is 4. The zero-order chi connectivity index (χ0) is 19.5. The highest BCUT2D eigenvalue weighted by Gasteiger charge is 2.13. The van der Waals surface area contributed by atoms with Crippen molar-refractivity contribution < 1.29 is 0 Å². The molecular formula is C27H20N2. The molecule has 0 radical (unpaired) electrons. The number of aromatic nitrogens is 2. The van der Waals surface area contributed by atoms with E-state index in [1.165, 1.54) is 11.1 Å². The van der Waals surface area contributed by atoms with E-state index in [9.17, 15) is 0 Å². The Hall–Kier alpha value is -3.91. The third-order valence-corrected chi connectivity index (χ3v) is 5.07. The van der Waals surface area contributed by atoms with Crippen molar-refractivity contribution in [2.24, 2.45) is 0 Å². The molecule has 2 nitrogen and oxygen atoms in total. The maximum absolute atomic E-state index is 4.95. The van der Waals surface area contributed by atoms with Gasteiger partial charge in [0.15, 0.2) is 0 Å². The van der Waals surface area contributed by atoms with Gasteiger partial charge in [-0.25, -0.2) is 4.68 Å². The first-order valence-corrected chi connectivity index (χ1v) is 9.75. The highest BCUT2D eigenvalue weighted by molar-refractivity contribution is 5.73. The van der Waals surface area contributed by atoms with Crippen LogP contribution in [0.25, 0.3) is 39.3 Å². The van der Waals surface area contributed by atoms with E-state index in [0.717, 1.165) is 28.2 Å². The van der Waals surface area contributed by atoms with E-state index in [1.54, 1.807) is 0 Å². The van der Waals surface area contributed by atoms with Crippen molar-refractivity contribution in [2.45, 2.75) is 0 Å². The molecule has 5 aromatic rings. The summed E-state index contributed by atoms with van der Waals surface area (Å²) in [6.07, 6.45) is 0. The topological polar surface area (TPSA) is 17.8 Å². The molecule has 0 fully saturated rings. The number of hydrogen-bond donors (Lipinski definition) is 0. The zero-order valence-corrected chi connectivity index (χ0v) is 15.9. The molecule has 0 atom stereocenters. The van der Waals surface area contributed by atoms with Crippen LogP contribution in [0.5, 0.6) is 0 Å². The van der Waals surface area contributed by atoms with Gasteiger partial charge in [-0.3, -0.25) is 0 Å². The fourth-order valence-corrected chi connectivity index (χ4v) is 3.57. The van der Waals surface area contributed by atoms with Gasteiger partial charge in [0, 0.05) is 11.1 Å². The Morgan fingerprint density at radius 3 is 1.55 bits per heavy atom. The maximum Gasteiger partial charge on any atom is 0.0934 e. The monoisotopic (exact) mass is 372 g/mol. The Labute approximate surface area is 170 Å². The molecule has 0 amide bonds. The van der Waals surface area contributed by atoms with Gasteiger partial charge >= 0.3 is 0 Å². The first kappa shape index (κ1) is 17.2. The van der Waals surface area contributed by atoms with Crippen LogP contribution in [0.1, 0.15) is 0 Å². The molecule has 5 rings (SSSR count). The lowest BCUT2D eigenvalue weighted by molar-refractivity contribution is 0.892. The van der Waals surface area contributed by atoms with Crippen LogP contribution in [0.3, 0.4) is 0 Å². The molecule has 0 saturated carbocycles. The van der Waals surface area contributed by atoms with Gasteiger partial charge in [0.05, 0.1) is 17.1 Å². The lowest BCUT2D eigenvalue weighted by atomic mass is 10.0. The molecule has 0 saturated heterocycles. The first-order valence-electron chi connectivity index (χ1n) is 9.75. The van der Waals surface area contributed by atoms with E-state index in [2.05, 4.69) is 91.0 Å². The van der Waals surface area contributed by atoms with Crippen molar-refractivity contribution in [2.75, 3.05) is 0 Å². The largest absolute Gasteiger partial charge is 0.232 e. The second kappa shape index (κ2) is 7.61. The number of nitrogens with zero attached hydrogens (tertiary/aromatic N) is 2. The van der Waals surface area contributed by atoms with Crippen LogP contribution in [0, 0.1) is 0 Å². The molecular weight excluding hydrogens is 352 g/mol. The Kier molecular flexibility index (Phi) is 4.51. The zero-order valence-electron chi connectivity index (χ0n) is 15.9. The average molecular weight is 372 g/mol. The predicted octanol–water partition coefficient (Wildman–Crippen LogP) is 6.87. The summed E-state index contributed by atoms with van der Waals surface area (Å²) in [6.45, 7) is 0. The Bertz CT molecular complexity index is 1150. The van der Waals surface area contributed by atoms with Crippen molar-refractivity contribution in [1.29, 1.82) is 0 Å². The molecule has 1 aromatic heterocycles. The smallest absolute Gasteiger partial charge is 0.0934 e. The lowest BCUT2D eigenvalue weighted by Crippen LogP contribution is -1.98. The molecule has 0 aliphatic carbocycles. The first-order chi connectivity index (χ1) is 14.4. The van der Waals surface area contributed by atoms with E-state index in [1.807, 2.05) is 35.0 Å². The summed E-state index contributed by atoms with van der Waals surface area (Å²) in [5.74, 6) is 0. The molecule has 4 aromatic carbocycles. The van der Waals surface area contributed by atoms with Gasteiger partial charge in [-0.15, -0.1) is 0 Å². The molecule has 0 aliphatic heterocycles. The summed E-state index contributed by atoms with van der Waals surface area (Å²) in [6, 6.07) is 41.9. The fourth-order valence-electron chi connectivity index (χ4n) is 3.57. The van der Waals surface area contributed by atoms with Crippen molar-refractivity contribution in [3.05, 3.63) is 121 Å². The number of rotatable bonds is 4. The molecule has 0 unspecified atom stereocenters. The summed E-state index contributed by atoms with van der Waals surface area (Å²) < 4.78 is 2.02. The highest BCUT2D eigenvalue weighted by atomic mass is 15.3. The average Bonchev–Trinajstić information content (AvgIpc) is 3.27. The van der Waals surface area contributed by atoms with Gasteiger partial charge in [-0.2, -0.15) is 5.10 Å². The van der Waals surface area contributed by atoms with Crippen molar-refractivity contribution >= 4 is 0 Å². The van der Waals surface area contributed by atoms with Gasteiger partial charge < -0.3 is 0 Å². The minimum atomic E-state index is 0.965. The molecule has 0 spiro atoms. The van der Waals surface area contributed by atoms with Gasteiger partial charge in [-0.05, 0) is 29.3 Å². The van der Waals surface area contributed by atoms with E-state index in [4.69, 9.17) is 5.10 Å². The van der Waals surface area contributed by atoms with Crippen LogP contribution in [-0.4, -0.2) is 9.78 Å². The van der Waals surface area contributed by atoms with Crippen LogP contribution in [0.15, 0.2) is 121 Å². The highest BCUT2D eigenvalue weighted by Crippen LogP contribution is 2.30.